The number of hydrogen-bond acceptors (Lipinski definition) is 3. The summed E-state index contributed by atoms with van der Waals surface area (Å²) in [5.74, 6) is 0. The highest BCUT2D eigenvalue weighted by Gasteiger charge is 2.07. The van der Waals surface area contributed by atoms with Crippen molar-refractivity contribution in [3.63, 3.8) is 0 Å². The van der Waals surface area contributed by atoms with E-state index in [1.807, 2.05) is 24.3 Å². The molecule has 4 rings (SSSR count). The number of hydrogen-bond donors (Lipinski definition) is 0. The molecule has 28 heavy (non-hydrogen) atoms. The summed E-state index contributed by atoms with van der Waals surface area (Å²) >= 11 is 1.19. The molecule has 0 spiro atoms. The van der Waals surface area contributed by atoms with Crippen LogP contribution in [-0.2, 0) is 6.54 Å². The lowest BCUT2D eigenvalue weighted by atomic mass is 10.0. The predicted octanol–water partition coefficient (Wildman–Crippen LogP) is 5.65. The molecule has 0 atom stereocenters. The first-order valence-corrected chi connectivity index (χ1v) is 9.97. The van der Waals surface area contributed by atoms with Gasteiger partial charge in [0, 0.05) is 12.1 Å². The standard InChI is InChI=1S/C24H19NO2S/c26-17-19-11-14-22-23(16-19)28-24(27)25(22)15-5-4-6-18-9-12-21(13-10-18)20-7-2-1-3-8-20/h1-4,6-14,16-17H,5,15H2/b6-4+. The quantitative estimate of drug-likeness (QED) is 0.403. The Hall–Kier alpha value is -3.24. The number of carbonyl (C=O) groups is 1. The van der Waals surface area contributed by atoms with Crippen LogP contribution in [0.3, 0.4) is 0 Å². The number of allylic oxidation sites excluding steroid dienone is 1. The molecule has 0 fully saturated rings. The van der Waals surface area contributed by atoms with Crippen LogP contribution in [0.5, 0.6) is 0 Å². The summed E-state index contributed by atoms with van der Waals surface area (Å²) in [5, 5.41) is 0. The molecule has 3 aromatic carbocycles. The lowest BCUT2D eigenvalue weighted by Crippen LogP contribution is -2.12. The van der Waals surface area contributed by atoms with Crippen molar-refractivity contribution >= 4 is 33.9 Å². The van der Waals surface area contributed by atoms with Crippen molar-refractivity contribution < 1.29 is 4.79 Å². The molecule has 0 saturated heterocycles. The van der Waals surface area contributed by atoms with E-state index in [1.165, 1.54) is 22.5 Å². The van der Waals surface area contributed by atoms with Gasteiger partial charge in [-0.3, -0.25) is 14.2 Å². The van der Waals surface area contributed by atoms with Crippen molar-refractivity contribution in [2.75, 3.05) is 0 Å². The Bertz CT molecular complexity index is 1180. The Morgan fingerprint density at radius 1 is 0.857 bits per heavy atom. The summed E-state index contributed by atoms with van der Waals surface area (Å²) < 4.78 is 2.63. The van der Waals surface area contributed by atoms with Crippen molar-refractivity contribution in [3.05, 3.63) is 99.7 Å². The molecule has 1 heterocycles. The molecule has 0 bridgehead atoms. The zero-order valence-corrected chi connectivity index (χ0v) is 16.1. The molecule has 0 radical (unpaired) electrons. The molecule has 138 valence electrons. The number of aryl methyl sites for hydroxylation is 1. The van der Waals surface area contributed by atoms with Crippen molar-refractivity contribution in [3.8, 4) is 11.1 Å². The monoisotopic (exact) mass is 385 g/mol. The second-order valence-electron chi connectivity index (χ2n) is 6.54. The first-order chi connectivity index (χ1) is 13.7. The Balaban J connectivity index is 1.43. The van der Waals surface area contributed by atoms with Crippen LogP contribution in [0.4, 0.5) is 0 Å². The van der Waals surface area contributed by atoms with Gasteiger partial charge >= 0.3 is 4.87 Å². The van der Waals surface area contributed by atoms with Crippen LogP contribution in [0.15, 0.2) is 83.7 Å². The Kier molecular flexibility index (Phi) is 5.31. The molecular formula is C24H19NO2S. The summed E-state index contributed by atoms with van der Waals surface area (Å²) in [6, 6.07) is 24.1. The lowest BCUT2D eigenvalue weighted by Gasteiger charge is -2.03. The summed E-state index contributed by atoms with van der Waals surface area (Å²) in [6.45, 7) is 0.623. The van der Waals surface area contributed by atoms with Gasteiger partial charge in [-0.15, -0.1) is 0 Å². The zero-order chi connectivity index (χ0) is 19.3. The highest BCUT2D eigenvalue weighted by atomic mass is 32.1. The second-order valence-corrected chi connectivity index (χ2v) is 7.54. The lowest BCUT2D eigenvalue weighted by molar-refractivity contribution is 0.112. The topological polar surface area (TPSA) is 39.1 Å². The van der Waals surface area contributed by atoms with E-state index >= 15 is 0 Å². The molecule has 0 unspecified atom stereocenters. The van der Waals surface area contributed by atoms with Gasteiger partial charge in [0.25, 0.3) is 0 Å². The van der Waals surface area contributed by atoms with Gasteiger partial charge in [-0.2, -0.15) is 0 Å². The number of benzene rings is 3. The SMILES string of the molecule is O=Cc1ccc2c(c1)sc(=O)n2CC/C=C/c1ccc(-c2ccccc2)cc1. The summed E-state index contributed by atoms with van der Waals surface area (Å²) in [7, 11) is 0. The third-order valence-electron chi connectivity index (χ3n) is 4.68. The van der Waals surface area contributed by atoms with Gasteiger partial charge in [-0.05, 0) is 41.3 Å². The molecular weight excluding hydrogens is 366 g/mol. The van der Waals surface area contributed by atoms with Crippen LogP contribution in [0.2, 0.25) is 0 Å². The largest absolute Gasteiger partial charge is 0.308 e. The van der Waals surface area contributed by atoms with Gasteiger partial charge in [0.2, 0.25) is 0 Å². The average Bonchev–Trinajstić information content (AvgIpc) is 3.06. The summed E-state index contributed by atoms with van der Waals surface area (Å²) in [4.78, 5) is 23.2. The summed E-state index contributed by atoms with van der Waals surface area (Å²) in [6.07, 6.45) is 5.74. The number of aldehydes is 1. The van der Waals surface area contributed by atoms with Crippen molar-refractivity contribution in [1.29, 1.82) is 0 Å². The van der Waals surface area contributed by atoms with Gasteiger partial charge in [0.1, 0.15) is 6.29 Å². The first kappa shape index (κ1) is 18.1. The molecule has 0 saturated carbocycles. The van der Waals surface area contributed by atoms with E-state index in [9.17, 15) is 9.59 Å². The number of aromatic nitrogens is 1. The minimum Gasteiger partial charge on any atom is -0.298 e. The van der Waals surface area contributed by atoms with E-state index in [4.69, 9.17) is 0 Å². The fourth-order valence-electron chi connectivity index (χ4n) is 3.21. The van der Waals surface area contributed by atoms with E-state index in [0.29, 0.717) is 12.1 Å². The van der Waals surface area contributed by atoms with Gasteiger partial charge in [0.05, 0.1) is 10.2 Å². The summed E-state index contributed by atoms with van der Waals surface area (Å²) in [5.41, 5.74) is 5.03. The molecule has 4 aromatic rings. The fourth-order valence-corrected chi connectivity index (χ4v) is 4.17. The number of nitrogens with zero attached hydrogens (tertiary/aromatic N) is 1. The highest BCUT2D eigenvalue weighted by Crippen LogP contribution is 2.20. The Morgan fingerprint density at radius 2 is 1.57 bits per heavy atom. The van der Waals surface area contributed by atoms with Crippen LogP contribution >= 0.6 is 11.3 Å². The molecule has 0 N–H and O–H groups in total. The van der Waals surface area contributed by atoms with Crippen LogP contribution < -0.4 is 4.87 Å². The van der Waals surface area contributed by atoms with Crippen molar-refractivity contribution in [1.82, 2.24) is 4.57 Å². The minimum absolute atomic E-state index is 0.0127. The van der Waals surface area contributed by atoms with Crippen LogP contribution in [0, 0.1) is 0 Å². The van der Waals surface area contributed by atoms with E-state index in [0.717, 1.165) is 28.5 Å². The van der Waals surface area contributed by atoms with E-state index in [1.54, 1.807) is 16.7 Å². The molecule has 0 aliphatic rings. The highest BCUT2D eigenvalue weighted by molar-refractivity contribution is 7.16. The van der Waals surface area contributed by atoms with Gasteiger partial charge < -0.3 is 0 Å². The Labute approximate surface area is 167 Å². The van der Waals surface area contributed by atoms with Crippen LogP contribution in [0.25, 0.3) is 27.4 Å². The maximum atomic E-state index is 12.2. The van der Waals surface area contributed by atoms with Crippen LogP contribution in [0.1, 0.15) is 22.3 Å². The zero-order valence-electron chi connectivity index (χ0n) is 15.2. The predicted molar refractivity (Wildman–Crippen MR) is 117 cm³/mol. The first-order valence-electron chi connectivity index (χ1n) is 9.15. The minimum atomic E-state index is 0.0127. The van der Waals surface area contributed by atoms with Crippen molar-refractivity contribution in [2.24, 2.45) is 0 Å². The number of rotatable bonds is 6. The molecule has 3 nitrogen and oxygen atoms in total. The maximum Gasteiger partial charge on any atom is 0.308 e. The van der Waals surface area contributed by atoms with Gasteiger partial charge in [0.15, 0.2) is 0 Å². The maximum absolute atomic E-state index is 12.2. The number of fused-ring (bicyclic) bond motifs is 1. The van der Waals surface area contributed by atoms with Gasteiger partial charge in [-0.1, -0.05) is 78.1 Å². The molecule has 0 amide bonds. The molecule has 0 aliphatic carbocycles. The van der Waals surface area contributed by atoms with Crippen molar-refractivity contribution in [2.45, 2.75) is 13.0 Å². The molecule has 4 heteroatoms. The smallest absolute Gasteiger partial charge is 0.298 e. The van der Waals surface area contributed by atoms with E-state index < -0.39 is 0 Å². The third-order valence-corrected chi connectivity index (χ3v) is 5.62. The van der Waals surface area contributed by atoms with Gasteiger partial charge in [-0.25, -0.2) is 0 Å². The van der Waals surface area contributed by atoms with E-state index in [-0.39, 0.29) is 4.87 Å². The molecule has 1 aromatic heterocycles. The third kappa shape index (κ3) is 3.87. The number of carbonyl (C=O) groups excluding carboxylic acids is 1. The number of thiazole rings is 1. The van der Waals surface area contributed by atoms with Crippen LogP contribution in [-0.4, -0.2) is 10.9 Å². The molecule has 0 aliphatic heterocycles. The average molecular weight is 385 g/mol. The Morgan fingerprint density at radius 3 is 2.32 bits per heavy atom. The van der Waals surface area contributed by atoms with E-state index in [2.05, 4.69) is 48.6 Å². The normalized spacial score (nSPS) is 11.3. The second kappa shape index (κ2) is 8.19. The fraction of sp³-hybridized carbons (Fsp3) is 0.0833.